The van der Waals surface area contributed by atoms with E-state index in [-0.39, 0.29) is 11.3 Å². The second kappa shape index (κ2) is 7.65. The molecule has 2 rings (SSSR count). The summed E-state index contributed by atoms with van der Waals surface area (Å²) in [7, 11) is 0. The van der Waals surface area contributed by atoms with Crippen molar-refractivity contribution < 1.29 is 19.4 Å². The maximum Gasteiger partial charge on any atom is 0.342 e. The number of rotatable bonds is 5. The first-order valence-electron chi connectivity index (χ1n) is 7.04. The first-order chi connectivity index (χ1) is 11.0. The molecule has 2 N–H and O–H groups in total. The number of hydrogen-bond acceptors (Lipinski definition) is 4. The molecule has 0 aliphatic carbocycles. The lowest BCUT2D eigenvalue weighted by Crippen LogP contribution is -2.21. The van der Waals surface area contributed by atoms with E-state index >= 15 is 0 Å². The lowest BCUT2D eigenvalue weighted by Gasteiger charge is -2.08. The molecule has 0 atom stereocenters. The highest BCUT2D eigenvalue weighted by Crippen LogP contribution is 2.22. The summed E-state index contributed by atoms with van der Waals surface area (Å²) < 4.78 is 4.87. The largest absolute Gasteiger partial charge is 0.507 e. The van der Waals surface area contributed by atoms with Gasteiger partial charge in [-0.25, -0.2) is 4.79 Å². The quantitative estimate of drug-likeness (QED) is 0.822. The maximum atomic E-state index is 11.8. The highest BCUT2D eigenvalue weighted by atomic mass is 35.5. The van der Waals surface area contributed by atoms with Crippen LogP contribution in [0.1, 0.15) is 22.8 Å². The number of aromatic hydroxyl groups is 1. The summed E-state index contributed by atoms with van der Waals surface area (Å²) in [5.74, 6) is -1.55. The molecule has 0 heterocycles. The molecule has 0 aliphatic rings. The van der Waals surface area contributed by atoms with E-state index in [9.17, 15) is 14.7 Å². The molecule has 120 valence electrons. The monoisotopic (exact) mass is 333 g/mol. The lowest BCUT2D eigenvalue weighted by molar-refractivity contribution is -0.119. The van der Waals surface area contributed by atoms with Gasteiger partial charge in [-0.1, -0.05) is 30.7 Å². The summed E-state index contributed by atoms with van der Waals surface area (Å²) in [6.07, 6.45) is 0.913. The van der Waals surface area contributed by atoms with E-state index in [0.717, 1.165) is 12.0 Å². The zero-order valence-electron chi connectivity index (χ0n) is 12.5. The van der Waals surface area contributed by atoms with Gasteiger partial charge in [0.05, 0.1) is 0 Å². The van der Waals surface area contributed by atoms with Gasteiger partial charge in [-0.3, -0.25) is 4.79 Å². The zero-order valence-corrected chi connectivity index (χ0v) is 13.3. The molecule has 0 bridgehead atoms. The van der Waals surface area contributed by atoms with Gasteiger partial charge in [-0.2, -0.15) is 0 Å². The Morgan fingerprint density at radius 1 is 1.17 bits per heavy atom. The third-order valence-electron chi connectivity index (χ3n) is 3.16. The van der Waals surface area contributed by atoms with Crippen LogP contribution in [-0.4, -0.2) is 23.6 Å². The minimum absolute atomic E-state index is 0.0468. The number of aryl methyl sites for hydroxylation is 1. The van der Waals surface area contributed by atoms with Crippen molar-refractivity contribution in [3.05, 3.63) is 58.6 Å². The van der Waals surface area contributed by atoms with Crippen LogP contribution in [0.4, 0.5) is 5.69 Å². The molecule has 23 heavy (non-hydrogen) atoms. The molecule has 6 heteroatoms. The molecule has 1 amide bonds. The lowest BCUT2D eigenvalue weighted by atomic mass is 10.1. The Kier molecular flexibility index (Phi) is 5.60. The maximum absolute atomic E-state index is 11.8. The fourth-order valence-electron chi connectivity index (χ4n) is 1.91. The Morgan fingerprint density at radius 3 is 2.48 bits per heavy atom. The average molecular weight is 334 g/mol. The van der Waals surface area contributed by atoms with E-state index < -0.39 is 18.5 Å². The van der Waals surface area contributed by atoms with Gasteiger partial charge in [0.1, 0.15) is 11.3 Å². The standard InChI is InChI=1S/C17H16ClNO4/c1-2-11-3-6-13(7-4-11)19-16(21)10-23-17(22)14-8-5-12(18)9-15(14)20/h3-9,20H,2,10H2,1H3,(H,19,21). The Morgan fingerprint density at radius 2 is 1.87 bits per heavy atom. The number of phenolic OH excluding ortho intramolecular Hbond substituents is 1. The molecule has 0 fully saturated rings. The summed E-state index contributed by atoms with van der Waals surface area (Å²) in [5.41, 5.74) is 1.74. The number of benzene rings is 2. The summed E-state index contributed by atoms with van der Waals surface area (Å²) >= 11 is 5.68. The number of anilines is 1. The number of carbonyl (C=O) groups is 2. The molecule has 0 aromatic heterocycles. The zero-order chi connectivity index (χ0) is 16.8. The van der Waals surface area contributed by atoms with E-state index in [1.165, 1.54) is 18.2 Å². The minimum Gasteiger partial charge on any atom is -0.507 e. The van der Waals surface area contributed by atoms with Crippen molar-refractivity contribution in [3.63, 3.8) is 0 Å². The Bertz CT molecular complexity index is 713. The first-order valence-corrected chi connectivity index (χ1v) is 7.42. The van der Waals surface area contributed by atoms with Crippen molar-refractivity contribution >= 4 is 29.2 Å². The van der Waals surface area contributed by atoms with Gasteiger partial charge in [0, 0.05) is 10.7 Å². The van der Waals surface area contributed by atoms with E-state index in [4.69, 9.17) is 16.3 Å². The molecule has 2 aromatic carbocycles. The fourth-order valence-corrected chi connectivity index (χ4v) is 2.07. The minimum atomic E-state index is -0.796. The van der Waals surface area contributed by atoms with E-state index in [2.05, 4.69) is 5.32 Å². The van der Waals surface area contributed by atoms with Crippen LogP contribution in [0.2, 0.25) is 5.02 Å². The molecule has 0 aliphatic heterocycles. The van der Waals surface area contributed by atoms with Gasteiger partial charge in [0.15, 0.2) is 6.61 Å². The first kappa shape index (κ1) is 16.8. The van der Waals surface area contributed by atoms with E-state index in [0.29, 0.717) is 10.7 Å². The summed E-state index contributed by atoms with van der Waals surface area (Å²) in [6.45, 7) is 1.59. The summed E-state index contributed by atoms with van der Waals surface area (Å²) in [6, 6.07) is 11.4. The van der Waals surface area contributed by atoms with Crippen LogP contribution >= 0.6 is 11.6 Å². The summed E-state index contributed by atoms with van der Waals surface area (Å²) in [4.78, 5) is 23.6. The van der Waals surface area contributed by atoms with Crippen LogP contribution in [0, 0.1) is 0 Å². The number of halogens is 1. The van der Waals surface area contributed by atoms with Crippen molar-refractivity contribution in [1.29, 1.82) is 0 Å². The van der Waals surface area contributed by atoms with Gasteiger partial charge in [0.25, 0.3) is 5.91 Å². The van der Waals surface area contributed by atoms with Crippen LogP contribution in [0.25, 0.3) is 0 Å². The molecule has 0 spiro atoms. The molecule has 0 saturated carbocycles. The van der Waals surface area contributed by atoms with Crippen LogP contribution in [-0.2, 0) is 16.0 Å². The average Bonchev–Trinajstić information content (AvgIpc) is 2.53. The predicted octanol–water partition coefficient (Wildman–Crippen LogP) is 3.40. The number of phenols is 1. The second-order valence-corrected chi connectivity index (χ2v) is 5.27. The van der Waals surface area contributed by atoms with E-state index in [1.54, 1.807) is 12.1 Å². The smallest absolute Gasteiger partial charge is 0.342 e. The Hall–Kier alpha value is -2.53. The van der Waals surface area contributed by atoms with Crippen molar-refractivity contribution in [2.75, 3.05) is 11.9 Å². The number of hydrogen-bond donors (Lipinski definition) is 2. The third kappa shape index (κ3) is 4.72. The number of ether oxygens (including phenoxy) is 1. The Balaban J connectivity index is 1.89. The Labute approximate surface area is 138 Å². The number of esters is 1. The summed E-state index contributed by atoms with van der Waals surface area (Å²) in [5, 5.41) is 12.5. The molecular weight excluding hydrogens is 318 g/mol. The van der Waals surface area contributed by atoms with Crippen LogP contribution in [0.15, 0.2) is 42.5 Å². The topological polar surface area (TPSA) is 75.6 Å². The molecule has 0 radical (unpaired) electrons. The molecule has 5 nitrogen and oxygen atoms in total. The number of nitrogens with one attached hydrogen (secondary N) is 1. The second-order valence-electron chi connectivity index (χ2n) is 4.84. The molecular formula is C17H16ClNO4. The highest BCUT2D eigenvalue weighted by Gasteiger charge is 2.14. The number of carbonyl (C=O) groups excluding carboxylic acids is 2. The van der Waals surface area contributed by atoms with Crippen LogP contribution in [0.5, 0.6) is 5.75 Å². The van der Waals surface area contributed by atoms with Gasteiger partial charge in [0.2, 0.25) is 0 Å². The van der Waals surface area contributed by atoms with Crippen LogP contribution in [0.3, 0.4) is 0 Å². The normalized spacial score (nSPS) is 10.2. The number of amides is 1. The van der Waals surface area contributed by atoms with Crippen molar-refractivity contribution in [3.8, 4) is 5.75 Å². The fraction of sp³-hybridized carbons (Fsp3) is 0.176. The van der Waals surface area contributed by atoms with Crippen molar-refractivity contribution in [2.45, 2.75) is 13.3 Å². The SMILES string of the molecule is CCc1ccc(NC(=O)COC(=O)c2ccc(Cl)cc2O)cc1. The van der Waals surface area contributed by atoms with Crippen molar-refractivity contribution in [2.24, 2.45) is 0 Å². The molecule has 0 unspecified atom stereocenters. The highest BCUT2D eigenvalue weighted by molar-refractivity contribution is 6.30. The van der Waals surface area contributed by atoms with Gasteiger partial charge < -0.3 is 15.2 Å². The van der Waals surface area contributed by atoms with Crippen LogP contribution < -0.4 is 5.32 Å². The molecule has 0 saturated heterocycles. The van der Waals surface area contributed by atoms with Crippen molar-refractivity contribution in [1.82, 2.24) is 0 Å². The van der Waals surface area contributed by atoms with Gasteiger partial charge in [-0.05, 0) is 42.3 Å². The van der Waals surface area contributed by atoms with Gasteiger partial charge in [-0.15, -0.1) is 0 Å². The predicted molar refractivity (Wildman–Crippen MR) is 87.8 cm³/mol. The van der Waals surface area contributed by atoms with E-state index in [1.807, 2.05) is 19.1 Å². The van der Waals surface area contributed by atoms with Gasteiger partial charge >= 0.3 is 5.97 Å². The third-order valence-corrected chi connectivity index (χ3v) is 3.40. The molecule has 2 aromatic rings.